The molecule has 1 amide bonds. The summed E-state index contributed by atoms with van der Waals surface area (Å²) in [6, 6.07) is 5.14. The second-order valence-corrected chi connectivity index (χ2v) is 4.50. The molecular weight excluding hydrogens is 237 g/mol. The van der Waals surface area contributed by atoms with Crippen molar-refractivity contribution in [3.63, 3.8) is 0 Å². The van der Waals surface area contributed by atoms with Gasteiger partial charge in [-0.2, -0.15) is 0 Å². The molecule has 1 fully saturated rings. The number of cyclic esters (lactones) is 1. The van der Waals surface area contributed by atoms with Gasteiger partial charge in [0.2, 0.25) is 0 Å². The van der Waals surface area contributed by atoms with Gasteiger partial charge in [-0.15, -0.1) is 0 Å². The van der Waals surface area contributed by atoms with Crippen LogP contribution in [0.1, 0.15) is 12.5 Å². The summed E-state index contributed by atoms with van der Waals surface area (Å²) in [5.74, 6) is 0. The molecule has 0 spiro atoms. The van der Waals surface area contributed by atoms with E-state index in [-0.39, 0.29) is 6.61 Å². The van der Waals surface area contributed by atoms with Gasteiger partial charge < -0.3 is 10.1 Å². The van der Waals surface area contributed by atoms with E-state index in [0.717, 1.165) is 5.56 Å². The summed E-state index contributed by atoms with van der Waals surface area (Å²) in [7, 11) is 0. The molecule has 80 valence electrons. The van der Waals surface area contributed by atoms with Crippen molar-refractivity contribution in [1.29, 1.82) is 0 Å². The first-order valence-electron chi connectivity index (χ1n) is 4.42. The summed E-state index contributed by atoms with van der Waals surface area (Å²) in [4.78, 5) is 11.0. The van der Waals surface area contributed by atoms with Gasteiger partial charge in [-0.3, -0.25) is 0 Å². The van der Waals surface area contributed by atoms with Crippen LogP contribution in [0.15, 0.2) is 18.2 Å². The normalized spacial score (nSPS) is 24.9. The molecule has 1 atom stereocenters. The average molecular weight is 246 g/mol. The van der Waals surface area contributed by atoms with Gasteiger partial charge in [0.1, 0.15) is 12.1 Å². The molecule has 0 bridgehead atoms. The summed E-state index contributed by atoms with van der Waals surface area (Å²) < 4.78 is 4.87. The summed E-state index contributed by atoms with van der Waals surface area (Å²) in [6.45, 7) is 2.10. The Kier molecular flexibility index (Phi) is 2.52. The molecule has 1 aromatic carbocycles. The van der Waals surface area contributed by atoms with E-state index in [1.165, 1.54) is 0 Å². The molecular formula is C10H9Cl2NO2. The molecule has 1 N–H and O–H groups in total. The Morgan fingerprint density at radius 3 is 2.80 bits per heavy atom. The van der Waals surface area contributed by atoms with Crippen molar-refractivity contribution in [2.24, 2.45) is 0 Å². The highest BCUT2D eigenvalue weighted by Crippen LogP contribution is 2.33. The lowest BCUT2D eigenvalue weighted by atomic mass is 9.94. The van der Waals surface area contributed by atoms with Crippen LogP contribution in [0.25, 0.3) is 0 Å². The quantitative estimate of drug-likeness (QED) is 0.827. The SMILES string of the molecule is CC1(c2cc(Cl)ccc2Cl)COC(=O)N1. The van der Waals surface area contributed by atoms with Gasteiger partial charge in [0.25, 0.3) is 0 Å². The summed E-state index contributed by atoms with van der Waals surface area (Å²) in [5, 5.41) is 3.85. The van der Waals surface area contributed by atoms with Crippen molar-refractivity contribution in [2.75, 3.05) is 6.61 Å². The Morgan fingerprint density at radius 1 is 1.47 bits per heavy atom. The van der Waals surface area contributed by atoms with Crippen LogP contribution in [0.3, 0.4) is 0 Å². The maximum atomic E-state index is 11.0. The number of nitrogens with one attached hydrogen (secondary N) is 1. The maximum Gasteiger partial charge on any atom is 0.408 e. The van der Waals surface area contributed by atoms with Crippen LogP contribution in [-0.2, 0) is 10.3 Å². The largest absolute Gasteiger partial charge is 0.447 e. The molecule has 0 aromatic heterocycles. The zero-order valence-electron chi connectivity index (χ0n) is 8.01. The third-order valence-corrected chi connectivity index (χ3v) is 2.96. The maximum absolute atomic E-state index is 11.0. The van der Waals surface area contributed by atoms with E-state index in [0.29, 0.717) is 10.0 Å². The predicted octanol–water partition coefficient (Wildman–Crippen LogP) is 2.95. The molecule has 1 saturated heterocycles. The Bertz CT molecular complexity index is 422. The molecule has 0 aliphatic carbocycles. The second-order valence-electron chi connectivity index (χ2n) is 3.66. The monoisotopic (exact) mass is 245 g/mol. The summed E-state index contributed by atoms with van der Waals surface area (Å²) in [6.07, 6.45) is -0.437. The van der Waals surface area contributed by atoms with Crippen molar-refractivity contribution in [3.8, 4) is 0 Å². The minimum absolute atomic E-state index is 0.256. The van der Waals surface area contributed by atoms with E-state index in [1.54, 1.807) is 18.2 Å². The third kappa shape index (κ3) is 1.90. The van der Waals surface area contributed by atoms with Crippen LogP contribution < -0.4 is 5.32 Å². The molecule has 15 heavy (non-hydrogen) atoms. The summed E-state index contributed by atoms with van der Waals surface area (Å²) >= 11 is 11.9. The van der Waals surface area contributed by atoms with E-state index in [4.69, 9.17) is 27.9 Å². The van der Waals surface area contributed by atoms with Crippen LogP contribution in [0, 0.1) is 0 Å². The molecule has 1 aliphatic rings. The van der Waals surface area contributed by atoms with Crippen LogP contribution >= 0.6 is 23.2 Å². The molecule has 1 aromatic rings. The zero-order chi connectivity index (χ0) is 11.1. The minimum Gasteiger partial charge on any atom is -0.447 e. The standard InChI is InChI=1S/C10H9Cl2NO2/c1-10(5-15-9(14)13-10)7-4-6(11)2-3-8(7)12/h2-4H,5H2,1H3,(H,13,14). The van der Waals surface area contributed by atoms with Crippen LogP contribution in [0.5, 0.6) is 0 Å². The van der Waals surface area contributed by atoms with E-state index in [1.807, 2.05) is 6.92 Å². The van der Waals surface area contributed by atoms with E-state index in [2.05, 4.69) is 5.32 Å². The van der Waals surface area contributed by atoms with Gasteiger partial charge in [0.15, 0.2) is 0 Å². The Hall–Kier alpha value is -0.930. The van der Waals surface area contributed by atoms with Crippen LogP contribution in [0.4, 0.5) is 4.79 Å². The first-order chi connectivity index (χ1) is 7.01. The average Bonchev–Trinajstić information content (AvgIpc) is 2.52. The number of ether oxygens (including phenoxy) is 1. The second kappa shape index (κ2) is 3.58. The lowest BCUT2D eigenvalue weighted by Gasteiger charge is -2.22. The lowest BCUT2D eigenvalue weighted by Crippen LogP contribution is -2.37. The van der Waals surface area contributed by atoms with E-state index >= 15 is 0 Å². The highest BCUT2D eigenvalue weighted by Gasteiger charge is 2.38. The van der Waals surface area contributed by atoms with Crippen LogP contribution in [0.2, 0.25) is 10.0 Å². The van der Waals surface area contributed by atoms with E-state index < -0.39 is 11.6 Å². The van der Waals surface area contributed by atoms with Crippen molar-refractivity contribution in [1.82, 2.24) is 5.32 Å². The Morgan fingerprint density at radius 2 is 2.20 bits per heavy atom. The predicted molar refractivity (Wildman–Crippen MR) is 58.3 cm³/mol. The fourth-order valence-corrected chi connectivity index (χ4v) is 2.07. The Balaban J connectivity index is 2.44. The molecule has 0 radical (unpaired) electrons. The first kappa shape index (κ1) is 10.6. The number of halogens is 2. The molecule has 2 rings (SSSR count). The minimum atomic E-state index is -0.598. The molecule has 1 heterocycles. The molecule has 1 unspecified atom stereocenters. The number of benzene rings is 1. The molecule has 5 heteroatoms. The van der Waals surface area contributed by atoms with Gasteiger partial charge in [-0.05, 0) is 25.1 Å². The number of carbonyl (C=O) groups is 1. The smallest absolute Gasteiger partial charge is 0.408 e. The molecule has 0 saturated carbocycles. The molecule has 1 aliphatic heterocycles. The number of rotatable bonds is 1. The Labute approximate surface area is 97.3 Å². The van der Waals surface area contributed by atoms with Gasteiger partial charge in [0.05, 0.1) is 0 Å². The molecule has 3 nitrogen and oxygen atoms in total. The number of hydrogen-bond donors (Lipinski definition) is 1. The zero-order valence-corrected chi connectivity index (χ0v) is 9.52. The topological polar surface area (TPSA) is 38.3 Å². The number of hydrogen-bond acceptors (Lipinski definition) is 2. The van der Waals surface area contributed by atoms with Gasteiger partial charge in [-0.1, -0.05) is 23.2 Å². The van der Waals surface area contributed by atoms with Crippen molar-refractivity contribution >= 4 is 29.3 Å². The lowest BCUT2D eigenvalue weighted by molar-refractivity contribution is 0.173. The number of carbonyl (C=O) groups excluding carboxylic acids is 1. The van der Waals surface area contributed by atoms with Crippen molar-refractivity contribution < 1.29 is 9.53 Å². The van der Waals surface area contributed by atoms with Crippen molar-refractivity contribution in [2.45, 2.75) is 12.5 Å². The van der Waals surface area contributed by atoms with Crippen LogP contribution in [-0.4, -0.2) is 12.7 Å². The summed E-state index contributed by atoms with van der Waals surface area (Å²) in [5.41, 5.74) is 0.168. The highest BCUT2D eigenvalue weighted by atomic mass is 35.5. The number of alkyl carbamates (subject to hydrolysis) is 1. The highest BCUT2D eigenvalue weighted by molar-refractivity contribution is 6.33. The fraction of sp³-hybridized carbons (Fsp3) is 0.300. The van der Waals surface area contributed by atoms with Crippen molar-refractivity contribution in [3.05, 3.63) is 33.8 Å². The fourth-order valence-electron chi connectivity index (χ4n) is 1.57. The van der Waals surface area contributed by atoms with E-state index in [9.17, 15) is 4.79 Å². The van der Waals surface area contributed by atoms with Gasteiger partial charge in [0, 0.05) is 15.6 Å². The first-order valence-corrected chi connectivity index (χ1v) is 5.17. The number of amides is 1. The van der Waals surface area contributed by atoms with Gasteiger partial charge in [-0.25, -0.2) is 4.79 Å². The third-order valence-electron chi connectivity index (χ3n) is 2.39. The van der Waals surface area contributed by atoms with Gasteiger partial charge >= 0.3 is 6.09 Å².